The van der Waals surface area contributed by atoms with Gasteiger partial charge >= 0.3 is 12.0 Å². The van der Waals surface area contributed by atoms with Crippen LogP contribution in [-0.4, -0.2) is 24.6 Å². The lowest BCUT2D eigenvalue weighted by Gasteiger charge is -2.20. The van der Waals surface area contributed by atoms with Gasteiger partial charge in [0.1, 0.15) is 5.82 Å². The lowest BCUT2D eigenvalue weighted by molar-refractivity contribution is -0.148. The molecule has 2 N–H and O–H groups in total. The zero-order valence-electron chi connectivity index (χ0n) is 11.8. The van der Waals surface area contributed by atoms with Crippen molar-refractivity contribution in [3.63, 3.8) is 0 Å². The van der Waals surface area contributed by atoms with E-state index in [1.165, 1.54) is 18.2 Å². The number of anilines is 1. The van der Waals surface area contributed by atoms with Crippen LogP contribution in [0.2, 0.25) is 0 Å². The maximum absolute atomic E-state index is 13.0. The molecular formula is C14H19FN2O3. The highest BCUT2D eigenvalue weighted by atomic mass is 19.1. The quantitative estimate of drug-likeness (QED) is 0.815. The number of amides is 2. The van der Waals surface area contributed by atoms with E-state index in [0.717, 1.165) is 0 Å². The van der Waals surface area contributed by atoms with Crippen LogP contribution in [0, 0.1) is 11.7 Å². The Morgan fingerprint density at radius 1 is 1.35 bits per heavy atom. The van der Waals surface area contributed by atoms with Gasteiger partial charge in [-0.2, -0.15) is 0 Å². The van der Waals surface area contributed by atoms with Gasteiger partial charge in [0.15, 0.2) is 0 Å². The number of urea groups is 1. The van der Waals surface area contributed by atoms with Crippen molar-refractivity contribution in [1.29, 1.82) is 0 Å². The molecule has 20 heavy (non-hydrogen) atoms. The maximum Gasteiger partial charge on any atom is 0.319 e. The molecule has 2 atom stereocenters. The highest BCUT2D eigenvalue weighted by Gasteiger charge is 2.22. The first-order valence-electron chi connectivity index (χ1n) is 6.43. The van der Waals surface area contributed by atoms with Crippen LogP contribution in [0.4, 0.5) is 14.9 Å². The van der Waals surface area contributed by atoms with Gasteiger partial charge in [0.25, 0.3) is 0 Å². The van der Waals surface area contributed by atoms with E-state index in [2.05, 4.69) is 10.6 Å². The molecule has 110 valence electrons. The summed E-state index contributed by atoms with van der Waals surface area (Å²) in [6.07, 6.45) is 0. The number of benzene rings is 1. The van der Waals surface area contributed by atoms with Crippen molar-refractivity contribution in [3.05, 3.63) is 30.1 Å². The van der Waals surface area contributed by atoms with Gasteiger partial charge in [-0.05, 0) is 39.0 Å². The third-order valence-corrected chi connectivity index (χ3v) is 2.85. The molecule has 1 aromatic rings. The number of carbonyl (C=O) groups excluding carboxylic acids is 2. The van der Waals surface area contributed by atoms with E-state index in [1.54, 1.807) is 26.8 Å². The molecule has 2 unspecified atom stereocenters. The summed E-state index contributed by atoms with van der Waals surface area (Å²) in [5.74, 6) is -1.27. The van der Waals surface area contributed by atoms with Crippen molar-refractivity contribution in [2.24, 2.45) is 5.92 Å². The van der Waals surface area contributed by atoms with E-state index in [0.29, 0.717) is 12.3 Å². The molecule has 1 rings (SSSR count). The number of esters is 1. The fourth-order valence-corrected chi connectivity index (χ4v) is 1.54. The summed E-state index contributed by atoms with van der Waals surface area (Å²) < 4.78 is 17.8. The molecule has 0 radical (unpaired) electrons. The maximum atomic E-state index is 13.0. The summed E-state index contributed by atoms with van der Waals surface area (Å²) in [6.45, 7) is 5.39. The molecule has 0 fully saturated rings. The number of carbonyl (C=O) groups is 2. The molecule has 0 aliphatic rings. The van der Waals surface area contributed by atoms with Gasteiger partial charge in [-0.3, -0.25) is 4.79 Å². The molecule has 0 aliphatic carbocycles. The van der Waals surface area contributed by atoms with Crippen LogP contribution in [0.1, 0.15) is 20.8 Å². The zero-order valence-corrected chi connectivity index (χ0v) is 11.8. The molecule has 0 heterocycles. The van der Waals surface area contributed by atoms with Gasteiger partial charge in [-0.25, -0.2) is 9.18 Å². The molecule has 0 bridgehead atoms. The Bertz CT molecular complexity index is 479. The largest absolute Gasteiger partial charge is 0.466 e. The summed E-state index contributed by atoms with van der Waals surface area (Å²) >= 11 is 0. The van der Waals surface area contributed by atoms with Crippen molar-refractivity contribution < 1.29 is 18.7 Å². The first-order chi connectivity index (χ1) is 9.43. The molecule has 0 aromatic heterocycles. The molecule has 0 saturated heterocycles. The van der Waals surface area contributed by atoms with Gasteiger partial charge in [-0.1, -0.05) is 6.07 Å². The second-order valence-electron chi connectivity index (χ2n) is 4.44. The lowest BCUT2D eigenvalue weighted by atomic mass is 10.0. The lowest BCUT2D eigenvalue weighted by Crippen LogP contribution is -2.42. The summed E-state index contributed by atoms with van der Waals surface area (Å²) in [7, 11) is 0. The van der Waals surface area contributed by atoms with Crippen LogP contribution in [-0.2, 0) is 9.53 Å². The van der Waals surface area contributed by atoms with Crippen LogP contribution in [0.3, 0.4) is 0 Å². The molecule has 6 heteroatoms. The fourth-order valence-electron chi connectivity index (χ4n) is 1.54. The molecule has 0 spiro atoms. The summed E-state index contributed by atoms with van der Waals surface area (Å²) in [5.41, 5.74) is 0.346. The van der Waals surface area contributed by atoms with Crippen LogP contribution in [0.25, 0.3) is 0 Å². The Hall–Kier alpha value is -2.11. The first kappa shape index (κ1) is 15.9. The van der Waals surface area contributed by atoms with E-state index >= 15 is 0 Å². The number of halogens is 1. The van der Waals surface area contributed by atoms with Crippen LogP contribution >= 0.6 is 0 Å². The number of rotatable bonds is 5. The molecule has 5 nitrogen and oxygen atoms in total. The van der Waals surface area contributed by atoms with E-state index in [9.17, 15) is 14.0 Å². The second-order valence-corrected chi connectivity index (χ2v) is 4.44. The fraction of sp³-hybridized carbons (Fsp3) is 0.429. The average Bonchev–Trinajstić information content (AvgIpc) is 2.37. The van der Waals surface area contributed by atoms with E-state index in [4.69, 9.17) is 4.74 Å². The third kappa shape index (κ3) is 4.87. The second kappa shape index (κ2) is 7.47. The highest BCUT2D eigenvalue weighted by Crippen LogP contribution is 2.10. The summed E-state index contributed by atoms with van der Waals surface area (Å²) in [5, 5.41) is 5.11. The van der Waals surface area contributed by atoms with Gasteiger partial charge in [0.05, 0.1) is 12.5 Å². The number of hydrogen-bond acceptors (Lipinski definition) is 3. The van der Waals surface area contributed by atoms with Crippen molar-refractivity contribution in [1.82, 2.24) is 5.32 Å². The Morgan fingerprint density at radius 2 is 2.05 bits per heavy atom. The van der Waals surface area contributed by atoms with Crippen molar-refractivity contribution >= 4 is 17.7 Å². The third-order valence-electron chi connectivity index (χ3n) is 2.85. The molecule has 1 aromatic carbocycles. The first-order valence-corrected chi connectivity index (χ1v) is 6.43. The Labute approximate surface area is 117 Å². The van der Waals surface area contributed by atoms with Crippen molar-refractivity contribution in [2.45, 2.75) is 26.8 Å². The summed E-state index contributed by atoms with van der Waals surface area (Å²) in [4.78, 5) is 23.2. The number of hydrogen-bond donors (Lipinski definition) is 2. The Morgan fingerprint density at radius 3 is 2.65 bits per heavy atom. The Kier molecular flexibility index (Phi) is 5.96. The predicted molar refractivity (Wildman–Crippen MR) is 73.8 cm³/mol. The van der Waals surface area contributed by atoms with Gasteiger partial charge in [0, 0.05) is 11.7 Å². The van der Waals surface area contributed by atoms with Crippen LogP contribution in [0.5, 0.6) is 0 Å². The molecule has 0 saturated carbocycles. The average molecular weight is 282 g/mol. The smallest absolute Gasteiger partial charge is 0.319 e. The normalized spacial score (nSPS) is 13.2. The zero-order chi connectivity index (χ0) is 15.1. The van der Waals surface area contributed by atoms with Gasteiger partial charge in [-0.15, -0.1) is 0 Å². The molecule has 0 aliphatic heterocycles. The van der Waals surface area contributed by atoms with E-state index in [1.807, 2.05) is 0 Å². The standard InChI is InChI=1S/C14H19FN2O3/c1-4-20-13(18)9(2)10(3)16-14(19)17-12-7-5-6-11(15)8-12/h5-10H,4H2,1-3H3,(H2,16,17,19). The monoisotopic (exact) mass is 282 g/mol. The molecule has 2 amide bonds. The Balaban J connectivity index is 2.51. The summed E-state index contributed by atoms with van der Waals surface area (Å²) in [6, 6.07) is 4.66. The van der Waals surface area contributed by atoms with E-state index in [-0.39, 0.29) is 5.97 Å². The van der Waals surface area contributed by atoms with Gasteiger partial charge < -0.3 is 15.4 Å². The minimum Gasteiger partial charge on any atom is -0.466 e. The number of nitrogens with one attached hydrogen (secondary N) is 2. The van der Waals surface area contributed by atoms with Crippen molar-refractivity contribution in [2.75, 3.05) is 11.9 Å². The topological polar surface area (TPSA) is 67.4 Å². The van der Waals surface area contributed by atoms with Gasteiger partial charge in [0.2, 0.25) is 0 Å². The van der Waals surface area contributed by atoms with E-state index < -0.39 is 23.8 Å². The number of ether oxygens (including phenoxy) is 1. The van der Waals surface area contributed by atoms with Crippen LogP contribution < -0.4 is 10.6 Å². The van der Waals surface area contributed by atoms with Crippen molar-refractivity contribution in [3.8, 4) is 0 Å². The predicted octanol–water partition coefficient (Wildman–Crippen LogP) is 2.53. The molecular weight excluding hydrogens is 263 g/mol. The minimum atomic E-state index is -0.501. The minimum absolute atomic E-state index is 0.297. The highest BCUT2D eigenvalue weighted by molar-refractivity contribution is 5.89. The van der Waals surface area contributed by atoms with Crippen LogP contribution in [0.15, 0.2) is 24.3 Å². The SMILES string of the molecule is CCOC(=O)C(C)C(C)NC(=O)Nc1cccc(F)c1.